The molecule has 17 heavy (non-hydrogen) atoms. The summed E-state index contributed by atoms with van der Waals surface area (Å²) in [5.74, 6) is -2.47. The van der Waals surface area contributed by atoms with Crippen LogP contribution in [0.4, 0.5) is 0 Å². The van der Waals surface area contributed by atoms with Crippen LogP contribution in [-0.2, 0) is 14.3 Å². The second kappa shape index (κ2) is 6.15. The van der Waals surface area contributed by atoms with Gasteiger partial charge in [-0.25, -0.2) is 0 Å². The zero-order valence-electron chi connectivity index (χ0n) is 9.92. The molecule has 0 amide bonds. The van der Waals surface area contributed by atoms with Crippen LogP contribution in [0.25, 0.3) is 0 Å². The number of ketones is 1. The zero-order valence-corrected chi connectivity index (χ0v) is 9.92. The van der Waals surface area contributed by atoms with E-state index in [9.17, 15) is 9.59 Å². The number of ether oxygens (including phenoxy) is 1. The van der Waals surface area contributed by atoms with Crippen LogP contribution in [0, 0.1) is 5.92 Å². The maximum Gasteiger partial charge on any atom is 0.314 e. The van der Waals surface area contributed by atoms with Gasteiger partial charge in [0.2, 0.25) is 0 Å². The molecule has 0 spiro atoms. The third kappa shape index (κ3) is 3.67. The van der Waals surface area contributed by atoms with Crippen molar-refractivity contribution in [1.29, 1.82) is 0 Å². The first kappa shape index (κ1) is 13.4. The molecule has 0 aliphatic heterocycles. The minimum absolute atomic E-state index is 0.158. The van der Waals surface area contributed by atoms with Gasteiger partial charge in [-0.2, -0.15) is 0 Å². The summed E-state index contributed by atoms with van der Waals surface area (Å²) in [5.41, 5.74) is 0.877. The number of benzene rings is 1. The molecule has 1 rings (SSSR count). The number of methoxy groups -OCH3 is 1. The van der Waals surface area contributed by atoms with E-state index in [1.165, 1.54) is 14.0 Å². The van der Waals surface area contributed by atoms with Crippen LogP contribution in [-0.4, -0.2) is 24.0 Å². The van der Waals surface area contributed by atoms with Crippen molar-refractivity contribution in [3.63, 3.8) is 0 Å². The van der Waals surface area contributed by atoms with Crippen LogP contribution in [0.5, 0.6) is 0 Å². The summed E-state index contributed by atoms with van der Waals surface area (Å²) in [7, 11) is 1.51. The predicted octanol–water partition coefficient (Wildman–Crippen LogP) is 2.05. The number of carbonyl (C=O) groups is 2. The highest BCUT2D eigenvalue weighted by molar-refractivity contribution is 5.96. The molecular formula is C13H16O4. The van der Waals surface area contributed by atoms with Gasteiger partial charge in [0.05, 0.1) is 6.10 Å². The second-order valence-electron chi connectivity index (χ2n) is 3.87. The maximum atomic E-state index is 11.2. The van der Waals surface area contributed by atoms with Gasteiger partial charge in [-0.15, -0.1) is 0 Å². The highest BCUT2D eigenvalue weighted by atomic mass is 16.5. The summed E-state index contributed by atoms with van der Waals surface area (Å²) in [6.45, 7) is 1.29. The largest absolute Gasteiger partial charge is 0.481 e. The Morgan fingerprint density at radius 1 is 1.29 bits per heavy atom. The molecule has 1 N–H and O–H groups in total. The molecular weight excluding hydrogens is 220 g/mol. The van der Waals surface area contributed by atoms with Gasteiger partial charge in [0.15, 0.2) is 0 Å². The maximum absolute atomic E-state index is 11.2. The van der Waals surface area contributed by atoms with E-state index in [1.807, 2.05) is 30.3 Å². The highest BCUT2D eigenvalue weighted by Crippen LogP contribution is 2.25. The second-order valence-corrected chi connectivity index (χ2v) is 3.87. The van der Waals surface area contributed by atoms with Gasteiger partial charge in [-0.3, -0.25) is 9.59 Å². The fourth-order valence-electron chi connectivity index (χ4n) is 1.69. The number of carbonyl (C=O) groups excluding carboxylic acids is 1. The third-order valence-electron chi connectivity index (χ3n) is 2.69. The van der Waals surface area contributed by atoms with E-state index in [0.717, 1.165) is 5.56 Å². The van der Waals surface area contributed by atoms with Crippen molar-refractivity contribution in [3.05, 3.63) is 35.9 Å². The van der Waals surface area contributed by atoms with Crippen molar-refractivity contribution in [1.82, 2.24) is 0 Å². The standard InChI is InChI=1S/C13H16O4/c1-9(14)11(13(15)16)8-12(17-2)10-6-4-3-5-7-10/h3-7,11-12H,8H2,1-2H3,(H,15,16)/t11?,12-/m0/s1. The van der Waals surface area contributed by atoms with Crippen LogP contribution >= 0.6 is 0 Å². The summed E-state index contributed by atoms with van der Waals surface area (Å²) < 4.78 is 5.25. The van der Waals surface area contributed by atoms with Crippen molar-refractivity contribution in [2.24, 2.45) is 5.92 Å². The van der Waals surface area contributed by atoms with E-state index < -0.39 is 11.9 Å². The molecule has 0 bridgehead atoms. The average Bonchev–Trinajstić information content (AvgIpc) is 2.30. The molecule has 0 fully saturated rings. The Kier molecular flexibility index (Phi) is 4.84. The summed E-state index contributed by atoms with van der Waals surface area (Å²) in [5, 5.41) is 8.96. The lowest BCUT2D eigenvalue weighted by Gasteiger charge is -2.18. The summed E-state index contributed by atoms with van der Waals surface area (Å²) in [6.07, 6.45) is -0.216. The molecule has 0 saturated heterocycles. The Hall–Kier alpha value is -1.68. The fraction of sp³-hybridized carbons (Fsp3) is 0.385. The van der Waals surface area contributed by atoms with Crippen LogP contribution in [0.3, 0.4) is 0 Å². The van der Waals surface area contributed by atoms with Crippen LogP contribution in [0.1, 0.15) is 25.0 Å². The normalized spacial score (nSPS) is 14.0. The van der Waals surface area contributed by atoms with Gasteiger partial charge < -0.3 is 9.84 Å². The molecule has 0 radical (unpaired) electrons. The molecule has 1 unspecified atom stereocenters. The Balaban J connectivity index is 2.83. The van der Waals surface area contributed by atoms with E-state index >= 15 is 0 Å². The van der Waals surface area contributed by atoms with E-state index in [0.29, 0.717) is 0 Å². The molecule has 0 saturated carbocycles. The van der Waals surface area contributed by atoms with Crippen molar-refractivity contribution >= 4 is 11.8 Å². The fourth-order valence-corrected chi connectivity index (χ4v) is 1.69. The van der Waals surface area contributed by atoms with E-state index in [-0.39, 0.29) is 18.3 Å². The molecule has 0 aromatic heterocycles. The van der Waals surface area contributed by atoms with Gasteiger partial charge in [0, 0.05) is 7.11 Å². The van der Waals surface area contributed by atoms with E-state index in [2.05, 4.69) is 0 Å². The minimum atomic E-state index is -1.10. The van der Waals surface area contributed by atoms with E-state index in [4.69, 9.17) is 9.84 Å². The number of hydrogen-bond acceptors (Lipinski definition) is 3. The van der Waals surface area contributed by atoms with Crippen LogP contribution in [0.2, 0.25) is 0 Å². The molecule has 0 heterocycles. The Morgan fingerprint density at radius 2 is 1.88 bits per heavy atom. The van der Waals surface area contributed by atoms with Crippen LogP contribution < -0.4 is 0 Å². The van der Waals surface area contributed by atoms with Crippen molar-refractivity contribution in [3.8, 4) is 0 Å². The Morgan fingerprint density at radius 3 is 2.29 bits per heavy atom. The molecule has 92 valence electrons. The number of carboxylic acid groups (broad SMARTS) is 1. The number of hydrogen-bond donors (Lipinski definition) is 1. The lowest BCUT2D eigenvalue weighted by molar-refractivity contribution is -0.147. The average molecular weight is 236 g/mol. The summed E-state index contributed by atoms with van der Waals surface area (Å²) in [6, 6.07) is 9.28. The molecule has 1 aromatic carbocycles. The minimum Gasteiger partial charge on any atom is -0.481 e. The molecule has 4 heteroatoms. The molecule has 0 aliphatic carbocycles. The highest BCUT2D eigenvalue weighted by Gasteiger charge is 2.27. The molecule has 4 nitrogen and oxygen atoms in total. The first-order chi connectivity index (χ1) is 8.06. The molecule has 1 aromatic rings. The van der Waals surface area contributed by atoms with E-state index in [1.54, 1.807) is 0 Å². The van der Waals surface area contributed by atoms with Crippen molar-refractivity contribution in [2.45, 2.75) is 19.4 Å². The number of carboxylic acids is 1. The van der Waals surface area contributed by atoms with Gasteiger partial charge >= 0.3 is 5.97 Å². The summed E-state index contributed by atoms with van der Waals surface area (Å²) in [4.78, 5) is 22.2. The molecule has 0 aliphatic rings. The monoisotopic (exact) mass is 236 g/mol. The topological polar surface area (TPSA) is 63.6 Å². The first-order valence-corrected chi connectivity index (χ1v) is 5.37. The van der Waals surface area contributed by atoms with Gasteiger partial charge in [-0.05, 0) is 18.9 Å². The number of rotatable bonds is 6. The smallest absolute Gasteiger partial charge is 0.314 e. The predicted molar refractivity (Wildman–Crippen MR) is 62.6 cm³/mol. The zero-order chi connectivity index (χ0) is 12.8. The number of Topliss-reactive ketones (excluding diaryl/α,β-unsaturated/α-hetero) is 1. The SMILES string of the molecule is CO[C@@H](CC(C(C)=O)C(=O)O)c1ccccc1. The lowest BCUT2D eigenvalue weighted by Crippen LogP contribution is -2.24. The Bertz CT molecular complexity index is 372. The lowest BCUT2D eigenvalue weighted by atomic mass is 9.94. The summed E-state index contributed by atoms with van der Waals surface area (Å²) >= 11 is 0. The van der Waals surface area contributed by atoms with Gasteiger partial charge in [-0.1, -0.05) is 30.3 Å². The van der Waals surface area contributed by atoms with Crippen molar-refractivity contribution in [2.75, 3.05) is 7.11 Å². The number of aliphatic carboxylic acids is 1. The van der Waals surface area contributed by atoms with Crippen molar-refractivity contribution < 1.29 is 19.4 Å². The van der Waals surface area contributed by atoms with Gasteiger partial charge in [0.25, 0.3) is 0 Å². The molecule has 2 atom stereocenters. The van der Waals surface area contributed by atoms with Crippen LogP contribution in [0.15, 0.2) is 30.3 Å². The quantitative estimate of drug-likeness (QED) is 0.768. The van der Waals surface area contributed by atoms with Gasteiger partial charge in [0.1, 0.15) is 11.7 Å². The first-order valence-electron chi connectivity index (χ1n) is 5.37. The third-order valence-corrected chi connectivity index (χ3v) is 2.69. The Labute approximate surface area is 100 Å².